The van der Waals surface area contributed by atoms with Gasteiger partial charge >= 0.3 is 0 Å². The Morgan fingerprint density at radius 3 is 2.54 bits per heavy atom. The first kappa shape index (κ1) is 18.1. The first-order chi connectivity index (χ1) is 12.7. The molecule has 1 heterocycles. The number of nitrogens with one attached hydrogen (secondary N) is 1. The Morgan fingerprint density at radius 2 is 1.81 bits per heavy atom. The predicted octanol–water partition coefficient (Wildman–Crippen LogP) is 3.27. The summed E-state index contributed by atoms with van der Waals surface area (Å²) in [5, 5.41) is 20.9. The van der Waals surface area contributed by atoms with E-state index in [1.807, 2.05) is 42.5 Å². The fourth-order valence-electron chi connectivity index (χ4n) is 2.76. The van der Waals surface area contributed by atoms with Crippen LogP contribution in [0.25, 0.3) is 22.2 Å². The number of ether oxygens (including phenoxy) is 2. The van der Waals surface area contributed by atoms with Gasteiger partial charge in [-0.05, 0) is 23.3 Å². The summed E-state index contributed by atoms with van der Waals surface area (Å²) in [6, 6.07) is 15.0. The number of hydrogen-bond donors (Lipinski definition) is 2. The molecule has 0 saturated heterocycles. The standard InChI is InChI=1S/C19H20N2O5/c22-6-7-25-8-9-26-13-14-10-16-12-17(15-4-2-1-3-5-15)20-19(16)18(11-14)21(23)24/h1-5,10-12,20,22H,6-9,13H2. The van der Waals surface area contributed by atoms with Crippen molar-refractivity contribution in [3.05, 3.63) is 64.2 Å². The van der Waals surface area contributed by atoms with Crippen LogP contribution < -0.4 is 0 Å². The van der Waals surface area contributed by atoms with E-state index >= 15 is 0 Å². The molecule has 0 spiro atoms. The number of fused-ring (bicyclic) bond motifs is 1. The van der Waals surface area contributed by atoms with Gasteiger partial charge in [0.1, 0.15) is 5.52 Å². The second kappa shape index (κ2) is 8.57. The first-order valence-electron chi connectivity index (χ1n) is 8.31. The largest absolute Gasteiger partial charge is 0.394 e. The van der Waals surface area contributed by atoms with Gasteiger partial charge in [0.25, 0.3) is 5.69 Å². The lowest BCUT2D eigenvalue weighted by Crippen LogP contribution is -2.07. The fourth-order valence-corrected chi connectivity index (χ4v) is 2.76. The van der Waals surface area contributed by atoms with E-state index in [0.717, 1.165) is 22.2 Å². The summed E-state index contributed by atoms with van der Waals surface area (Å²) in [7, 11) is 0. The molecule has 136 valence electrons. The van der Waals surface area contributed by atoms with E-state index in [4.69, 9.17) is 14.6 Å². The average Bonchev–Trinajstić information content (AvgIpc) is 3.08. The molecule has 2 aromatic carbocycles. The molecule has 0 amide bonds. The van der Waals surface area contributed by atoms with Gasteiger partial charge in [-0.3, -0.25) is 10.1 Å². The highest BCUT2D eigenvalue weighted by molar-refractivity contribution is 5.92. The third-order valence-corrected chi connectivity index (χ3v) is 3.93. The highest BCUT2D eigenvalue weighted by atomic mass is 16.6. The molecule has 1 aromatic heterocycles. The lowest BCUT2D eigenvalue weighted by atomic mass is 10.1. The van der Waals surface area contributed by atoms with E-state index in [9.17, 15) is 10.1 Å². The Labute approximate surface area is 150 Å². The second-order valence-electron chi connectivity index (χ2n) is 5.77. The SMILES string of the molecule is O=[N+]([O-])c1cc(COCCOCCO)cc2cc(-c3ccccc3)[nH]c12. The number of nitro groups is 1. The molecule has 0 atom stereocenters. The molecule has 7 nitrogen and oxygen atoms in total. The lowest BCUT2D eigenvalue weighted by Gasteiger charge is -2.05. The van der Waals surface area contributed by atoms with Gasteiger partial charge in [-0.1, -0.05) is 30.3 Å². The van der Waals surface area contributed by atoms with Gasteiger partial charge in [-0.25, -0.2) is 0 Å². The fraction of sp³-hybridized carbons (Fsp3) is 0.263. The summed E-state index contributed by atoms with van der Waals surface area (Å²) in [4.78, 5) is 14.2. The molecule has 26 heavy (non-hydrogen) atoms. The molecular weight excluding hydrogens is 336 g/mol. The average molecular weight is 356 g/mol. The van der Waals surface area contributed by atoms with Crippen LogP contribution in [-0.4, -0.2) is 41.4 Å². The topological polar surface area (TPSA) is 97.6 Å². The summed E-state index contributed by atoms with van der Waals surface area (Å²) in [6.45, 7) is 1.22. The van der Waals surface area contributed by atoms with Crippen molar-refractivity contribution in [3.63, 3.8) is 0 Å². The Hall–Kier alpha value is -2.74. The minimum atomic E-state index is -0.387. The summed E-state index contributed by atoms with van der Waals surface area (Å²) in [5.74, 6) is 0. The van der Waals surface area contributed by atoms with Crippen molar-refractivity contribution >= 4 is 16.6 Å². The zero-order valence-electron chi connectivity index (χ0n) is 14.2. The zero-order valence-corrected chi connectivity index (χ0v) is 14.2. The highest BCUT2D eigenvalue weighted by Crippen LogP contribution is 2.31. The van der Waals surface area contributed by atoms with Crippen LogP contribution in [0.2, 0.25) is 0 Å². The maximum absolute atomic E-state index is 11.5. The van der Waals surface area contributed by atoms with Gasteiger partial charge in [0.15, 0.2) is 0 Å². The number of aromatic nitrogens is 1. The molecule has 0 saturated carbocycles. The van der Waals surface area contributed by atoms with E-state index in [0.29, 0.717) is 18.7 Å². The second-order valence-corrected chi connectivity index (χ2v) is 5.77. The van der Waals surface area contributed by atoms with E-state index in [2.05, 4.69) is 4.98 Å². The quantitative estimate of drug-likeness (QED) is 0.348. The molecule has 2 N–H and O–H groups in total. The van der Waals surface area contributed by atoms with Crippen molar-refractivity contribution in [2.75, 3.05) is 26.4 Å². The number of nitrogens with zero attached hydrogens (tertiary/aromatic N) is 1. The Morgan fingerprint density at radius 1 is 1.04 bits per heavy atom. The summed E-state index contributed by atoms with van der Waals surface area (Å²) >= 11 is 0. The number of hydrogen-bond acceptors (Lipinski definition) is 5. The molecule has 0 unspecified atom stereocenters. The lowest BCUT2D eigenvalue weighted by molar-refractivity contribution is -0.383. The summed E-state index contributed by atoms with van der Waals surface area (Å²) < 4.78 is 10.6. The number of benzene rings is 2. The number of non-ortho nitro benzene ring substituents is 1. The maximum atomic E-state index is 11.5. The zero-order chi connectivity index (χ0) is 18.4. The van der Waals surface area contributed by atoms with Gasteiger partial charge in [-0.2, -0.15) is 0 Å². The highest BCUT2D eigenvalue weighted by Gasteiger charge is 2.17. The van der Waals surface area contributed by atoms with E-state index in [1.165, 1.54) is 6.07 Å². The minimum Gasteiger partial charge on any atom is -0.394 e. The molecular formula is C19H20N2O5. The van der Waals surface area contributed by atoms with Crippen molar-refractivity contribution in [1.82, 2.24) is 4.98 Å². The van der Waals surface area contributed by atoms with Crippen molar-refractivity contribution in [2.24, 2.45) is 0 Å². The molecule has 0 radical (unpaired) electrons. The number of rotatable bonds is 9. The number of aliphatic hydroxyl groups is 1. The van der Waals surface area contributed by atoms with Crippen LogP contribution in [0, 0.1) is 10.1 Å². The molecule has 0 fully saturated rings. The summed E-state index contributed by atoms with van der Waals surface area (Å²) in [6.07, 6.45) is 0. The molecule has 0 aliphatic heterocycles. The number of aliphatic hydroxyl groups excluding tert-OH is 1. The molecule has 3 rings (SSSR count). The minimum absolute atomic E-state index is 0.0276. The van der Waals surface area contributed by atoms with Crippen LogP contribution in [0.5, 0.6) is 0 Å². The number of aromatic amines is 1. The van der Waals surface area contributed by atoms with Crippen LogP contribution in [0.3, 0.4) is 0 Å². The van der Waals surface area contributed by atoms with Crippen LogP contribution in [0.4, 0.5) is 5.69 Å². The monoisotopic (exact) mass is 356 g/mol. The third-order valence-electron chi connectivity index (χ3n) is 3.93. The molecule has 0 bridgehead atoms. The van der Waals surface area contributed by atoms with Crippen molar-refractivity contribution in [3.8, 4) is 11.3 Å². The first-order valence-corrected chi connectivity index (χ1v) is 8.31. The smallest absolute Gasteiger partial charge is 0.293 e. The number of nitro benzene ring substituents is 1. The van der Waals surface area contributed by atoms with E-state index in [-0.39, 0.29) is 30.4 Å². The van der Waals surface area contributed by atoms with Gasteiger partial charge in [0, 0.05) is 17.1 Å². The normalized spacial score (nSPS) is 11.1. The Balaban J connectivity index is 1.81. The third kappa shape index (κ3) is 4.26. The van der Waals surface area contributed by atoms with Gasteiger partial charge < -0.3 is 19.6 Å². The summed E-state index contributed by atoms with van der Waals surface area (Å²) in [5.41, 5.74) is 3.06. The van der Waals surface area contributed by atoms with Crippen LogP contribution in [-0.2, 0) is 16.1 Å². The molecule has 0 aliphatic carbocycles. The van der Waals surface area contributed by atoms with E-state index < -0.39 is 0 Å². The van der Waals surface area contributed by atoms with Crippen LogP contribution in [0.15, 0.2) is 48.5 Å². The number of H-pyrrole nitrogens is 1. The molecule has 3 aromatic rings. The molecule has 7 heteroatoms. The van der Waals surface area contributed by atoms with Gasteiger partial charge in [0.05, 0.1) is 38.0 Å². The van der Waals surface area contributed by atoms with E-state index in [1.54, 1.807) is 0 Å². The van der Waals surface area contributed by atoms with Crippen LogP contribution >= 0.6 is 0 Å². The van der Waals surface area contributed by atoms with Crippen molar-refractivity contribution in [2.45, 2.75) is 6.61 Å². The Bertz CT molecular complexity index is 876. The predicted molar refractivity (Wildman–Crippen MR) is 97.9 cm³/mol. The molecule has 0 aliphatic rings. The Kier molecular flexibility index (Phi) is 5.96. The van der Waals surface area contributed by atoms with Crippen molar-refractivity contribution in [1.29, 1.82) is 0 Å². The van der Waals surface area contributed by atoms with Gasteiger partial charge in [0.2, 0.25) is 0 Å². The van der Waals surface area contributed by atoms with Crippen molar-refractivity contribution < 1.29 is 19.5 Å². The van der Waals surface area contributed by atoms with Gasteiger partial charge in [-0.15, -0.1) is 0 Å². The maximum Gasteiger partial charge on any atom is 0.293 e. The van der Waals surface area contributed by atoms with Crippen LogP contribution in [0.1, 0.15) is 5.56 Å².